The van der Waals surface area contributed by atoms with E-state index in [4.69, 9.17) is 5.73 Å². The molecule has 0 radical (unpaired) electrons. The number of nitrogen functional groups attached to an aromatic ring is 1. The van der Waals surface area contributed by atoms with Gasteiger partial charge in [-0.3, -0.25) is 0 Å². The largest absolute Gasteiger partial charge is 0.396 e. The molecule has 0 saturated heterocycles. The summed E-state index contributed by atoms with van der Waals surface area (Å²) in [5, 5.41) is 1.17. The maximum Gasteiger partial charge on any atom is 0.187 e. The summed E-state index contributed by atoms with van der Waals surface area (Å²) < 4.78 is 13.7. The van der Waals surface area contributed by atoms with Crippen LogP contribution >= 0.6 is 27.7 Å². The molecule has 0 saturated carbocycles. The molecule has 0 aliphatic heterocycles. The molecule has 0 atom stereocenters. The third-order valence-corrected chi connectivity index (χ3v) is 3.12. The SMILES string of the molecule is CSc1ncc2c(N)c(F)c(Br)cc2n1. The van der Waals surface area contributed by atoms with Gasteiger partial charge in [0.25, 0.3) is 0 Å². The highest BCUT2D eigenvalue weighted by Gasteiger charge is 2.10. The summed E-state index contributed by atoms with van der Waals surface area (Å²) in [5.41, 5.74) is 6.33. The Bertz CT molecular complexity index is 532. The van der Waals surface area contributed by atoms with E-state index in [1.165, 1.54) is 11.8 Å². The molecule has 2 aromatic rings. The van der Waals surface area contributed by atoms with Crippen LogP contribution in [0.2, 0.25) is 0 Å². The standard InChI is InChI=1S/C9H7BrFN3S/c1-15-9-13-3-4-6(14-9)2-5(10)7(11)8(4)12/h2-3H,12H2,1H3. The fourth-order valence-corrected chi connectivity index (χ4v) is 2.00. The first kappa shape index (κ1) is 10.6. The number of halogens is 2. The predicted molar refractivity (Wildman–Crippen MR) is 63.4 cm³/mol. The van der Waals surface area contributed by atoms with Crippen LogP contribution in [0.3, 0.4) is 0 Å². The van der Waals surface area contributed by atoms with Crippen LogP contribution in [-0.2, 0) is 0 Å². The van der Waals surface area contributed by atoms with E-state index in [1.807, 2.05) is 6.26 Å². The van der Waals surface area contributed by atoms with Crippen LogP contribution in [0.15, 0.2) is 21.9 Å². The highest BCUT2D eigenvalue weighted by molar-refractivity contribution is 9.10. The van der Waals surface area contributed by atoms with E-state index in [2.05, 4.69) is 25.9 Å². The Kier molecular flexibility index (Phi) is 2.79. The number of nitrogens with zero attached hydrogens (tertiary/aromatic N) is 2. The third-order valence-electron chi connectivity index (χ3n) is 1.98. The number of hydrogen-bond acceptors (Lipinski definition) is 4. The van der Waals surface area contributed by atoms with Crippen LogP contribution in [0.5, 0.6) is 0 Å². The number of hydrogen-bond donors (Lipinski definition) is 1. The molecular formula is C9H7BrFN3S. The Labute approximate surface area is 98.4 Å². The van der Waals surface area contributed by atoms with Crippen molar-refractivity contribution in [3.05, 3.63) is 22.6 Å². The summed E-state index contributed by atoms with van der Waals surface area (Å²) >= 11 is 4.52. The van der Waals surface area contributed by atoms with Crippen molar-refractivity contribution in [2.75, 3.05) is 12.0 Å². The molecule has 0 amide bonds. The second-order valence-corrected chi connectivity index (χ2v) is 4.50. The van der Waals surface area contributed by atoms with Gasteiger partial charge in [0.1, 0.15) is 0 Å². The average Bonchev–Trinajstić information content (AvgIpc) is 2.25. The monoisotopic (exact) mass is 287 g/mol. The molecule has 1 aromatic carbocycles. The van der Waals surface area contributed by atoms with Crippen molar-refractivity contribution in [2.24, 2.45) is 0 Å². The number of rotatable bonds is 1. The van der Waals surface area contributed by atoms with Crippen molar-refractivity contribution in [3.8, 4) is 0 Å². The molecule has 0 aliphatic carbocycles. The van der Waals surface area contributed by atoms with Gasteiger partial charge in [-0.1, -0.05) is 11.8 Å². The predicted octanol–water partition coefficient (Wildman–Crippen LogP) is 2.84. The number of aromatic nitrogens is 2. The number of fused-ring (bicyclic) bond motifs is 1. The lowest BCUT2D eigenvalue weighted by molar-refractivity contribution is 0.627. The van der Waals surface area contributed by atoms with Crippen LogP contribution < -0.4 is 5.73 Å². The molecule has 0 fully saturated rings. The molecule has 1 heterocycles. The molecule has 1 aromatic heterocycles. The maximum absolute atomic E-state index is 13.4. The Hall–Kier alpha value is -0.880. The lowest BCUT2D eigenvalue weighted by Gasteiger charge is -2.05. The summed E-state index contributed by atoms with van der Waals surface area (Å²) in [6, 6.07) is 1.60. The first-order valence-corrected chi connectivity index (χ1v) is 6.09. The summed E-state index contributed by atoms with van der Waals surface area (Å²) in [4.78, 5) is 8.28. The fourth-order valence-electron chi connectivity index (χ4n) is 1.22. The molecule has 0 bridgehead atoms. The molecule has 78 valence electrons. The molecule has 2 N–H and O–H groups in total. The smallest absolute Gasteiger partial charge is 0.187 e. The molecule has 0 spiro atoms. The Morgan fingerprint density at radius 2 is 2.27 bits per heavy atom. The van der Waals surface area contributed by atoms with Crippen LogP contribution in [-0.4, -0.2) is 16.2 Å². The van der Waals surface area contributed by atoms with Gasteiger partial charge in [-0.15, -0.1) is 0 Å². The van der Waals surface area contributed by atoms with Crippen molar-refractivity contribution in [2.45, 2.75) is 5.16 Å². The number of thioether (sulfide) groups is 1. The van der Waals surface area contributed by atoms with E-state index in [0.29, 0.717) is 20.5 Å². The first-order chi connectivity index (χ1) is 7.13. The van der Waals surface area contributed by atoms with Gasteiger partial charge in [-0.05, 0) is 28.3 Å². The lowest BCUT2D eigenvalue weighted by atomic mass is 10.2. The van der Waals surface area contributed by atoms with E-state index >= 15 is 0 Å². The molecule has 3 nitrogen and oxygen atoms in total. The van der Waals surface area contributed by atoms with Crippen molar-refractivity contribution < 1.29 is 4.39 Å². The van der Waals surface area contributed by atoms with Gasteiger partial charge in [0.2, 0.25) is 0 Å². The average molecular weight is 288 g/mol. The van der Waals surface area contributed by atoms with Gasteiger partial charge in [0.05, 0.1) is 15.7 Å². The van der Waals surface area contributed by atoms with Gasteiger partial charge < -0.3 is 5.73 Å². The number of anilines is 1. The summed E-state index contributed by atoms with van der Waals surface area (Å²) in [6.07, 6.45) is 3.42. The highest BCUT2D eigenvalue weighted by atomic mass is 79.9. The zero-order valence-electron chi connectivity index (χ0n) is 7.79. The Morgan fingerprint density at radius 1 is 1.53 bits per heavy atom. The number of nitrogens with two attached hydrogens (primary N) is 1. The van der Waals surface area contributed by atoms with Crippen molar-refractivity contribution >= 4 is 44.3 Å². The quantitative estimate of drug-likeness (QED) is 0.498. The Morgan fingerprint density at radius 3 is 2.93 bits per heavy atom. The molecular weight excluding hydrogens is 281 g/mol. The molecule has 2 rings (SSSR count). The molecule has 6 heteroatoms. The van der Waals surface area contributed by atoms with Gasteiger partial charge in [0, 0.05) is 11.6 Å². The zero-order chi connectivity index (χ0) is 11.0. The molecule has 0 unspecified atom stereocenters. The Balaban J connectivity index is 2.80. The van der Waals surface area contributed by atoms with E-state index in [9.17, 15) is 4.39 Å². The van der Waals surface area contributed by atoms with Crippen molar-refractivity contribution in [1.82, 2.24) is 9.97 Å². The highest BCUT2D eigenvalue weighted by Crippen LogP contribution is 2.29. The van der Waals surface area contributed by atoms with Crippen molar-refractivity contribution in [1.29, 1.82) is 0 Å². The normalized spacial score (nSPS) is 10.9. The lowest BCUT2D eigenvalue weighted by Crippen LogP contribution is -1.96. The second kappa shape index (κ2) is 3.94. The van der Waals surface area contributed by atoms with Gasteiger partial charge >= 0.3 is 0 Å². The summed E-state index contributed by atoms with van der Waals surface area (Å²) in [6.45, 7) is 0. The third kappa shape index (κ3) is 1.79. The zero-order valence-corrected chi connectivity index (χ0v) is 10.2. The van der Waals surface area contributed by atoms with Crippen LogP contribution in [0.4, 0.5) is 10.1 Å². The summed E-state index contributed by atoms with van der Waals surface area (Å²) in [5.74, 6) is -0.469. The van der Waals surface area contributed by atoms with E-state index < -0.39 is 5.82 Å². The minimum absolute atomic E-state index is 0.0760. The topological polar surface area (TPSA) is 51.8 Å². The van der Waals surface area contributed by atoms with Crippen LogP contribution in [0, 0.1) is 5.82 Å². The maximum atomic E-state index is 13.4. The van der Waals surface area contributed by atoms with Gasteiger partial charge in [-0.25, -0.2) is 14.4 Å². The van der Waals surface area contributed by atoms with E-state index in [1.54, 1.807) is 12.3 Å². The minimum Gasteiger partial charge on any atom is -0.396 e. The van der Waals surface area contributed by atoms with Crippen LogP contribution in [0.25, 0.3) is 10.9 Å². The first-order valence-electron chi connectivity index (χ1n) is 4.07. The molecule has 15 heavy (non-hydrogen) atoms. The van der Waals surface area contributed by atoms with E-state index in [-0.39, 0.29) is 5.69 Å². The van der Waals surface area contributed by atoms with E-state index in [0.717, 1.165) is 0 Å². The fraction of sp³-hybridized carbons (Fsp3) is 0.111. The van der Waals surface area contributed by atoms with Crippen molar-refractivity contribution in [3.63, 3.8) is 0 Å². The number of benzene rings is 1. The van der Waals surface area contributed by atoms with Crippen LogP contribution in [0.1, 0.15) is 0 Å². The minimum atomic E-state index is -0.469. The summed E-state index contributed by atoms with van der Waals surface area (Å²) in [7, 11) is 0. The molecule has 0 aliphatic rings. The van der Waals surface area contributed by atoms with Gasteiger partial charge in [0.15, 0.2) is 11.0 Å². The van der Waals surface area contributed by atoms with Gasteiger partial charge in [-0.2, -0.15) is 0 Å². The second-order valence-electron chi connectivity index (χ2n) is 2.88.